The normalized spacial score (nSPS) is 11.3. The first kappa shape index (κ1) is 16.1. The SMILES string of the molecule is COc1cccnc1NS(=O)(=O)c1ccc(OC(C)C)cc1. The highest BCUT2D eigenvalue weighted by atomic mass is 32.2. The van der Waals surface area contributed by atoms with Crippen LogP contribution in [0.3, 0.4) is 0 Å². The first-order valence-corrected chi connectivity index (χ1v) is 8.19. The van der Waals surface area contributed by atoms with Crippen LogP contribution >= 0.6 is 0 Å². The maximum Gasteiger partial charge on any atom is 0.263 e. The number of hydrogen-bond acceptors (Lipinski definition) is 5. The number of benzene rings is 1. The van der Waals surface area contributed by atoms with Crippen LogP contribution in [0.4, 0.5) is 5.82 Å². The molecule has 7 heteroatoms. The van der Waals surface area contributed by atoms with E-state index in [4.69, 9.17) is 9.47 Å². The molecule has 0 aliphatic carbocycles. The fraction of sp³-hybridized carbons (Fsp3) is 0.267. The van der Waals surface area contributed by atoms with E-state index >= 15 is 0 Å². The number of nitrogens with zero attached hydrogens (tertiary/aromatic N) is 1. The van der Waals surface area contributed by atoms with Gasteiger partial charge < -0.3 is 9.47 Å². The number of sulfonamides is 1. The zero-order chi connectivity index (χ0) is 16.2. The average Bonchev–Trinajstić information content (AvgIpc) is 2.47. The van der Waals surface area contributed by atoms with Gasteiger partial charge in [0.05, 0.1) is 18.1 Å². The largest absolute Gasteiger partial charge is 0.493 e. The molecule has 0 saturated carbocycles. The van der Waals surface area contributed by atoms with E-state index in [1.54, 1.807) is 24.3 Å². The average molecular weight is 322 g/mol. The van der Waals surface area contributed by atoms with Crippen LogP contribution in [0.25, 0.3) is 0 Å². The molecule has 0 saturated heterocycles. The lowest BCUT2D eigenvalue weighted by molar-refractivity contribution is 0.242. The molecule has 2 aromatic rings. The summed E-state index contributed by atoms with van der Waals surface area (Å²) in [5.41, 5.74) is 0. The van der Waals surface area contributed by atoms with Crippen molar-refractivity contribution in [2.45, 2.75) is 24.8 Å². The van der Waals surface area contributed by atoms with Crippen LogP contribution < -0.4 is 14.2 Å². The highest BCUT2D eigenvalue weighted by molar-refractivity contribution is 7.92. The molecule has 0 fully saturated rings. The first-order valence-electron chi connectivity index (χ1n) is 6.71. The van der Waals surface area contributed by atoms with Gasteiger partial charge in [-0.2, -0.15) is 0 Å². The summed E-state index contributed by atoms with van der Waals surface area (Å²) in [6.07, 6.45) is 1.51. The smallest absolute Gasteiger partial charge is 0.263 e. The molecule has 0 bridgehead atoms. The second-order valence-electron chi connectivity index (χ2n) is 4.80. The zero-order valence-electron chi connectivity index (χ0n) is 12.6. The van der Waals surface area contributed by atoms with Crippen molar-refractivity contribution in [2.75, 3.05) is 11.8 Å². The van der Waals surface area contributed by atoms with Gasteiger partial charge in [-0.3, -0.25) is 4.72 Å². The Kier molecular flexibility index (Phi) is 4.87. The topological polar surface area (TPSA) is 77.5 Å². The number of hydrogen-bond donors (Lipinski definition) is 1. The third-order valence-corrected chi connectivity index (χ3v) is 4.08. The van der Waals surface area contributed by atoms with Crippen molar-refractivity contribution in [2.24, 2.45) is 0 Å². The van der Waals surface area contributed by atoms with Crippen LogP contribution in [0.5, 0.6) is 11.5 Å². The molecular formula is C15H18N2O4S. The van der Waals surface area contributed by atoms with Gasteiger partial charge in [0, 0.05) is 6.20 Å². The van der Waals surface area contributed by atoms with E-state index in [0.29, 0.717) is 11.5 Å². The molecule has 1 aromatic carbocycles. The number of ether oxygens (including phenoxy) is 2. The summed E-state index contributed by atoms with van der Waals surface area (Å²) in [5.74, 6) is 1.11. The van der Waals surface area contributed by atoms with Gasteiger partial charge in [-0.15, -0.1) is 0 Å². The lowest BCUT2D eigenvalue weighted by Crippen LogP contribution is -2.14. The van der Waals surface area contributed by atoms with Crippen molar-refractivity contribution < 1.29 is 17.9 Å². The van der Waals surface area contributed by atoms with Gasteiger partial charge in [0.2, 0.25) is 0 Å². The molecule has 6 nitrogen and oxygen atoms in total. The molecule has 0 aliphatic rings. The van der Waals surface area contributed by atoms with Crippen molar-refractivity contribution in [3.8, 4) is 11.5 Å². The molecule has 1 N–H and O–H groups in total. The maximum atomic E-state index is 12.4. The number of nitrogens with one attached hydrogen (secondary N) is 1. The third-order valence-electron chi connectivity index (χ3n) is 2.73. The van der Waals surface area contributed by atoms with Gasteiger partial charge in [-0.05, 0) is 50.2 Å². The van der Waals surface area contributed by atoms with E-state index in [-0.39, 0.29) is 16.8 Å². The van der Waals surface area contributed by atoms with Gasteiger partial charge in [0.25, 0.3) is 10.0 Å². The van der Waals surface area contributed by atoms with Crippen molar-refractivity contribution in [1.82, 2.24) is 4.98 Å². The minimum atomic E-state index is -3.74. The predicted octanol–water partition coefficient (Wildman–Crippen LogP) is 2.68. The van der Waals surface area contributed by atoms with Crippen LogP contribution in [0, 0.1) is 0 Å². The molecule has 0 amide bonds. The van der Waals surface area contributed by atoms with E-state index in [2.05, 4.69) is 9.71 Å². The minimum Gasteiger partial charge on any atom is -0.493 e. The number of rotatable bonds is 6. The van der Waals surface area contributed by atoms with E-state index in [0.717, 1.165) is 0 Å². The van der Waals surface area contributed by atoms with E-state index < -0.39 is 10.0 Å². The second-order valence-corrected chi connectivity index (χ2v) is 6.48. The summed E-state index contributed by atoms with van der Waals surface area (Å²) in [5, 5.41) is 0. The van der Waals surface area contributed by atoms with Gasteiger partial charge in [0.1, 0.15) is 5.75 Å². The van der Waals surface area contributed by atoms with Crippen LogP contribution in [-0.2, 0) is 10.0 Å². The fourth-order valence-electron chi connectivity index (χ4n) is 1.79. The van der Waals surface area contributed by atoms with E-state index in [1.807, 2.05) is 13.8 Å². The molecule has 0 aliphatic heterocycles. The molecule has 0 unspecified atom stereocenters. The molecule has 0 radical (unpaired) electrons. The summed E-state index contributed by atoms with van der Waals surface area (Å²) in [6, 6.07) is 9.48. The zero-order valence-corrected chi connectivity index (χ0v) is 13.4. The van der Waals surface area contributed by atoms with Crippen molar-refractivity contribution in [1.29, 1.82) is 0 Å². The molecule has 2 rings (SSSR count). The quantitative estimate of drug-likeness (QED) is 0.884. The first-order chi connectivity index (χ1) is 10.4. The molecule has 1 heterocycles. The minimum absolute atomic E-state index is 0.0263. The van der Waals surface area contributed by atoms with Crippen LogP contribution in [-0.4, -0.2) is 26.6 Å². The van der Waals surface area contributed by atoms with Crippen LogP contribution in [0.2, 0.25) is 0 Å². The molecule has 0 atom stereocenters. The molecule has 1 aromatic heterocycles. The number of anilines is 1. The highest BCUT2D eigenvalue weighted by Gasteiger charge is 2.17. The lowest BCUT2D eigenvalue weighted by atomic mass is 10.3. The van der Waals surface area contributed by atoms with Crippen molar-refractivity contribution >= 4 is 15.8 Å². The van der Waals surface area contributed by atoms with Gasteiger partial charge in [0.15, 0.2) is 11.6 Å². The fourth-order valence-corrected chi connectivity index (χ4v) is 2.81. The monoisotopic (exact) mass is 322 g/mol. The van der Waals surface area contributed by atoms with E-state index in [9.17, 15) is 8.42 Å². The van der Waals surface area contributed by atoms with Gasteiger partial charge in [-0.25, -0.2) is 13.4 Å². The Morgan fingerprint density at radius 2 is 1.82 bits per heavy atom. The lowest BCUT2D eigenvalue weighted by Gasteiger charge is -2.12. The molecule has 22 heavy (non-hydrogen) atoms. The molecule has 0 spiro atoms. The van der Waals surface area contributed by atoms with E-state index in [1.165, 1.54) is 25.4 Å². The number of pyridine rings is 1. The Bertz CT molecular complexity index is 727. The van der Waals surface area contributed by atoms with Gasteiger partial charge in [-0.1, -0.05) is 0 Å². The summed E-state index contributed by atoms with van der Waals surface area (Å²) < 4.78 is 37.7. The predicted molar refractivity (Wildman–Crippen MR) is 83.8 cm³/mol. The second kappa shape index (κ2) is 6.65. The third kappa shape index (κ3) is 3.88. The highest BCUT2D eigenvalue weighted by Crippen LogP contribution is 2.24. The standard InChI is InChI=1S/C15H18N2O4S/c1-11(2)21-12-6-8-13(9-7-12)22(18,19)17-15-14(20-3)5-4-10-16-15/h4-11H,1-3H3,(H,16,17). The summed E-state index contributed by atoms with van der Waals surface area (Å²) in [7, 11) is -2.29. The Hall–Kier alpha value is -2.28. The summed E-state index contributed by atoms with van der Waals surface area (Å²) in [6.45, 7) is 3.80. The van der Waals surface area contributed by atoms with Crippen LogP contribution in [0.1, 0.15) is 13.8 Å². The number of aromatic nitrogens is 1. The van der Waals surface area contributed by atoms with Crippen molar-refractivity contribution in [3.05, 3.63) is 42.6 Å². The Morgan fingerprint density at radius 3 is 2.41 bits per heavy atom. The van der Waals surface area contributed by atoms with Gasteiger partial charge >= 0.3 is 0 Å². The van der Waals surface area contributed by atoms with Crippen molar-refractivity contribution in [3.63, 3.8) is 0 Å². The maximum absolute atomic E-state index is 12.4. The summed E-state index contributed by atoms with van der Waals surface area (Å²) >= 11 is 0. The molecular weight excluding hydrogens is 304 g/mol. The summed E-state index contributed by atoms with van der Waals surface area (Å²) in [4.78, 5) is 4.10. The Balaban J connectivity index is 2.23. The van der Waals surface area contributed by atoms with Crippen LogP contribution in [0.15, 0.2) is 47.5 Å². The Labute approximate surface area is 130 Å². The Morgan fingerprint density at radius 1 is 1.14 bits per heavy atom. The molecule has 118 valence electrons. The number of methoxy groups -OCH3 is 1.